The summed E-state index contributed by atoms with van der Waals surface area (Å²) in [6, 6.07) is 12.5. The first kappa shape index (κ1) is 17.5. The van der Waals surface area contributed by atoms with E-state index >= 15 is 0 Å². The van der Waals surface area contributed by atoms with Gasteiger partial charge in [-0.05, 0) is 24.3 Å². The number of nitrogens with one attached hydrogen (secondary N) is 1. The van der Waals surface area contributed by atoms with Crippen LogP contribution < -0.4 is 24.3 Å². The highest BCUT2D eigenvalue weighted by Gasteiger charge is 2.15. The van der Waals surface area contributed by atoms with Crippen molar-refractivity contribution in [1.29, 1.82) is 0 Å². The van der Waals surface area contributed by atoms with Gasteiger partial charge in [0.05, 0.1) is 33.4 Å². The van der Waals surface area contributed by atoms with Gasteiger partial charge >= 0.3 is 0 Å². The van der Waals surface area contributed by atoms with E-state index in [9.17, 15) is 4.79 Å². The zero-order valence-electron chi connectivity index (χ0n) is 14.0. The van der Waals surface area contributed by atoms with Crippen LogP contribution in [0.4, 0.5) is 0 Å². The third-order valence-corrected chi connectivity index (χ3v) is 3.36. The maximum absolute atomic E-state index is 12.3. The second kappa shape index (κ2) is 8.67. The summed E-state index contributed by atoms with van der Waals surface area (Å²) in [6.07, 6.45) is 0. The lowest BCUT2D eigenvalue weighted by atomic mass is 10.1. The Morgan fingerprint density at radius 2 is 1.54 bits per heavy atom. The van der Waals surface area contributed by atoms with Gasteiger partial charge in [0, 0.05) is 0 Å². The van der Waals surface area contributed by atoms with Crippen molar-refractivity contribution in [2.24, 2.45) is 0 Å². The quantitative estimate of drug-likeness (QED) is 0.753. The molecule has 0 saturated heterocycles. The highest BCUT2D eigenvalue weighted by molar-refractivity contribution is 5.97. The fourth-order valence-electron chi connectivity index (χ4n) is 2.22. The van der Waals surface area contributed by atoms with Gasteiger partial charge in [-0.1, -0.05) is 18.2 Å². The van der Waals surface area contributed by atoms with Crippen LogP contribution in [0.25, 0.3) is 0 Å². The SMILES string of the molecule is COc1ccccc1OCCNC(=O)c1cccc(OC)c1OC. The third-order valence-electron chi connectivity index (χ3n) is 3.36. The third kappa shape index (κ3) is 4.10. The molecule has 0 aliphatic heterocycles. The van der Waals surface area contributed by atoms with Gasteiger partial charge in [-0.2, -0.15) is 0 Å². The van der Waals surface area contributed by atoms with Crippen LogP contribution in [0.5, 0.6) is 23.0 Å². The van der Waals surface area contributed by atoms with Crippen molar-refractivity contribution in [2.45, 2.75) is 0 Å². The maximum Gasteiger partial charge on any atom is 0.255 e. The number of benzene rings is 2. The van der Waals surface area contributed by atoms with Gasteiger partial charge < -0.3 is 24.3 Å². The summed E-state index contributed by atoms with van der Waals surface area (Å²) < 4.78 is 21.3. The molecule has 0 atom stereocenters. The van der Waals surface area contributed by atoms with Gasteiger partial charge in [0.1, 0.15) is 6.61 Å². The van der Waals surface area contributed by atoms with Crippen molar-refractivity contribution in [1.82, 2.24) is 5.32 Å². The number of para-hydroxylation sites is 3. The Bertz CT molecular complexity index is 687. The second-order valence-electron chi connectivity index (χ2n) is 4.80. The van der Waals surface area contributed by atoms with Crippen molar-refractivity contribution in [3.8, 4) is 23.0 Å². The average Bonchev–Trinajstić information content (AvgIpc) is 2.64. The maximum atomic E-state index is 12.3. The van der Waals surface area contributed by atoms with Crippen molar-refractivity contribution in [3.63, 3.8) is 0 Å². The van der Waals surface area contributed by atoms with E-state index in [1.165, 1.54) is 14.2 Å². The van der Waals surface area contributed by atoms with Gasteiger partial charge in [-0.3, -0.25) is 4.79 Å². The summed E-state index contributed by atoms with van der Waals surface area (Å²) in [5.41, 5.74) is 0.411. The lowest BCUT2D eigenvalue weighted by Gasteiger charge is -2.13. The predicted octanol–water partition coefficient (Wildman–Crippen LogP) is 2.52. The molecule has 0 spiro atoms. The van der Waals surface area contributed by atoms with E-state index in [4.69, 9.17) is 18.9 Å². The lowest BCUT2D eigenvalue weighted by Crippen LogP contribution is -2.28. The van der Waals surface area contributed by atoms with E-state index < -0.39 is 0 Å². The number of carbonyl (C=O) groups excluding carboxylic acids is 1. The van der Waals surface area contributed by atoms with Gasteiger partial charge in [0.2, 0.25) is 0 Å². The van der Waals surface area contributed by atoms with Gasteiger partial charge in [0.15, 0.2) is 23.0 Å². The topological polar surface area (TPSA) is 66.0 Å². The fourth-order valence-corrected chi connectivity index (χ4v) is 2.22. The van der Waals surface area contributed by atoms with Crippen LogP contribution in [0.3, 0.4) is 0 Å². The number of rotatable bonds is 8. The zero-order valence-corrected chi connectivity index (χ0v) is 14.0. The van der Waals surface area contributed by atoms with Crippen molar-refractivity contribution in [2.75, 3.05) is 34.5 Å². The molecule has 1 amide bonds. The first-order valence-corrected chi connectivity index (χ1v) is 7.46. The predicted molar refractivity (Wildman–Crippen MR) is 90.4 cm³/mol. The Balaban J connectivity index is 1.92. The fraction of sp³-hybridized carbons (Fsp3) is 0.278. The molecule has 2 aromatic carbocycles. The van der Waals surface area contributed by atoms with Crippen LogP contribution in [-0.4, -0.2) is 40.4 Å². The number of methoxy groups -OCH3 is 3. The first-order valence-electron chi connectivity index (χ1n) is 7.46. The van der Waals surface area contributed by atoms with Gasteiger partial charge in [-0.15, -0.1) is 0 Å². The Morgan fingerprint density at radius 3 is 2.21 bits per heavy atom. The van der Waals surface area contributed by atoms with Crippen LogP contribution in [-0.2, 0) is 0 Å². The highest BCUT2D eigenvalue weighted by atomic mass is 16.5. The van der Waals surface area contributed by atoms with Crippen LogP contribution in [0.15, 0.2) is 42.5 Å². The molecule has 0 aliphatic carbocycles. The van der Waals surface area contributed by atoms with E-state index in [1.54, 1.807) is 25.3 Å². The average molecular weight is 331 g/mol. The summed E-state index contributed by atoms with van der Waals surface area (Å²) in [4.78, 5) is 12.3. The second-order valence-corrected chi connectivity index (χ2v) is 4.80. The summed E-state index contributed by atoms with van der Waals surface area (Å²) >= 11 is 0. The molecule has 6 nitrogen and oxygen atoms in total. The molecule has 0 bridgehead atoms. The molecular formula is C18H21NO5. The minimum atomic E-state index is -0.255. The minimum Gasteiger partial charge on any atom is -0.493 e. The highest BCUT2D eigenvalue weighted by Crippen LogP contribution is 2.30. The van der Waals surface area contributed by atoms with Crippen LogP contribution in [0.1, 0.15) is 10.4 Å². The molecule has 1 N–H and O–H groups in total. The van der Waals surface area contributed by atoms with E-state index in [0.29, 0.717) is 41.7 Å². The monoisotopic (exact) mass is 331 g/mol. The molecule has 24 heavy (non-hydrogen) atoms. The van der Waals surface area contributed by atoms with E-state index in [2.05, 4.69) is 5.32 Å². The van der Waals surface area contributed by atoms with Crippen molar-refractivity contribution >= 4 is 5.91 Å². The molecule has 0 heterocycles. The largest absolute Gasteiger partial charge is 0.493 e. The molecule has 0 fully saturated rings. The Kier molecular flexibility index (Phi) is 6.31. The normalized spacial score (nSPS) is 9.96. The molecule has 0 saturated carbocycles. The number of carbonyl (C=O) groups is 1. The number of hydrogen-bond donors (Lipinski definition) is 1. The molecular weight excluding hydrogens is 310 g/mol. The molecule has 2 rings (SSSR count). The molecule has 128 valence electrons. The number of amides is 1. The summed E-state index contributed by atoms with van der Waals surface area (Å²) in [5.74, 6) is 1.94. The lowest BCUT2D eigenvalue weighted by molar-refractivity contribution is 0.0943. The molecule has 0 radical (unpaired) electrons. The van der Waals surface area contributed by atoms with E-state index in [1.807, 2.05) is 24.3 Å². The number of ether oxygens (including phenoxy) is 4. The smallest absolute Gasteiger partial charge is 0.255 e. The van der Waals surface area contributed by atoms with Gasteiger partial charge in [-0.25, -0.2) is 0 Å². The summed E-state index contributed by atoms with van der Waals surface area (Å²) in [5, 5.41) is 2.79. The van der Waals surface area contributed by atoms with Crippen LogP contribution in [0.2, 0.25) is 0 Å². The molecule has 6 heteroatoms. The Labute approximate surface area is 141 Å². The summed E-state index contributed by atoms with van der Waals surface area (Å²) in [6.45, 7) is 0.662. The van der Waals surface area contributed by atoms with E-state index in [0.717, 1.165) is 0 Å². The Morgan fingerprint density at radius 1 is 0.875 bits per heavy atom. The summed E-state index contributed by atoms with van der Waals surface area (Å²) in [7, 11) is 4.61. The van der Waals surface area contributed by atoms with E-state index in [-0.39, 0.29) is 5.91 Å². The number of hydrogen-bond acceptors (Lipinski definition) is 5. The molecule has 0 aliphatic rings. The van der Waals surface area contributed by atoms with Crippen LogP contribution in [0, 0.1) is 0 Å². The zero-order chi connectivity index (χ0) is 17.4. The van der Waals surface area contributed by atoms with Gasteiger partial charge in [0.25, 0.3) is 5.91 Å². The molecule has 0 unspecified atom stereocenters. The standard InChI is InChI=1S/C18H21NO5/c1-21-14-8-4-5-9-15(14)24-12-11-19-18(20)13-7-6-10-16(22-2)17(13)23-3/h4-10H,11-12H2,1-3H3,(H,19,20). The first-order chi connectivity index (χ1) is 11.7. The molecule has 0 aromatic heterocycles. The van der Waals surface area contributed by atoms with Crippen LogP contribution >= 0.6 is 0 Å². The molecule has 2 aromatic rings. The van der Waals surface area contributed by atoms with Crippen molar-refractivity contribution in [3.05, 3.63) is 48.0 Å². The minimum absolute atomic E-state index is 0.255. The van der Waals surface area contributed by atoms with Crippen molar-refractivity contribution < 1.29 is 23.7 Å². The Hall–Kier alpha value is -2.89.